The van der Waals surface area contributed by atoms with Crippen LogP contribution in [0, 0.1) is 11.7 Å². The van der Waals surface area contributed by atoms with Crippen molar-refractivity contribution in [1.29, 1.82) is 0 Å². The summed E-state index contributed by atoms with van der Waals surface area (Å²) in [5.41, 5.74) is 7.02. The van der Waals surface area contributed by atoms with Crippen molar-refractivity contribution in [2.24, 2.45) is 5.92 Å². The first kappa shape index (κ1) is 25.2. The monoisotopic (exact) mass is 501 g/mol. The molecule has 3 aromatic carbocycles. The summed E-state index contributed by atoms with van der Waals surface area (Å²) in [5.74, 6) is -0.607. The number of aliphatic hydroxyl groups excluding tert-OH is 1. The number of aliphatic hydroxyl groups is 1. The van der Waals surface area contributed by atoms with E-state index in [0.29, 0.717) is 19.4 Å². The Hall–Kier alpha value is -3.48. The molecule has 2 N–H and O–H groups in total. The van der Waals surface area contributed by atoms with Crippen LogP contribution in [-0.2, 0) is 27.2 Å². The van der Waals surface area contributed by atoms with Gasteiger partial charge in [-0.2, -0.15) is 0 Å². The average Bonchev–Trinajstić information content (AvgIpc) is 3.29. The zero-order chi connectivity index (χ0) is 25.8. The van der Waals surface area contributed by atoms with Gasteiger partial charge in [0.2, 0.25) is 6.29 Å². The second kappa shape index (κ2) is 11.3. The van der Waals surface area contributed by atoms with Crippen LogP contribution in [-0.4, -0.2) is 30.5 Å². The van der Waals surface area contributed by atoms with Crippen molar-refractivity contribution in [2.75, 3.05) is 13.2 Å². The summed E-state index contributed by atoms with van der Waals surface area (Å²) in [6.45, 7) is 2.68. The molecule has 0 fully saturated rings. The highest BCUT2D eigenvalue weighted by Crippen LogP contribution is 2.43. The smallest absolute Gasteiger partial charge is 0.286 e. The molecule has 0 unspecified atom stereocenters. The summed E-state index contributed by atoms with van der Waals surface area (Å²) in [4.78, 5) is 13.1. The molecule has 1 heterocycles. The van der Waals surface area contributed by atoms with E-state index in [1.165, 1.54) is 34.4 Å². The number of halogens is 1. The summed E-state index contributed by atoms with van der Waals surface area (Å²) < 4.78 is 25.3. The maximum atomic E-state index is 13.2. The molecule has 3 aromatic rings. The first-order valence-electron chi connectivity index (χ1n) is 12.9. The first-order chi connectivity index (χ1) is 18.1. The SMILES string of the molecule is CCO[C@H]1OC(C(=O)NCc2ccc(F)cc2)=C[C@@H](c2ccc3c(c2)Cc2ccccc2-3)[C@@H]1CCCO. The highest BCUT2D eigenvalue weighted by molar-refractivity contribution is 5.91. The van der Waals surface area contributed by atoms with Gasteiger partial charge in [-0.25, -0.2) is 4.39 Å². The first-order valence-corrected chi connectivity index (χ1v) is 12.9. The molecule has 0 spiro atoms. The Kier molecular flexibility index (Phi) is 7.68. The van der Waals surface area contributed by atoms with Gasteiger partial charge < -0.3 is 19.9 Å². The largest absolute Gasteiger partial charge is 0.459 e. The fourth-order valence-corrected chi connectivity index (χ4v) is 5.39. The number of nitrogens with one attached hydrogen (secondary N) is 1. The maximum absolute atomic E-state index is 13.2. The van der Waals surface area contributed by atoms with Crippen LogP contribution in [0.4, 0.5) is 4.39 Å². The van der Waals surface area contributed by atoms with Gasteiger partial charge in [0.1, 0.15) is 5.82 Å². The fraction of sp³-hybridized carbons (Fsp3) is 0.323. The lowest BCUT2D eigenvalue weighted by atomic mass is 9.80. The fourth-order valence-electron chi connectivity index (χ4n) is 5.39. The molecule has 1 aliphatic heterocycles. The van der Waals surface area contributed by atoms with E-state index in [4.69, 9.17) is 9.47 Å². The number of carbonyl (C=O) groups is 1. The van der Waals surface area contributed by atoms with Gasteiger partial charge in [-0.05, 0) is 77.8 Å². The van der Waals surface area contributed by atoms with Gasteiger partial charge in [0.05, 0.1) is 0 Å². The van der Waals surface area contributed by atoms with E-state index in [1.807, 2.05) is 13.0 Å². The molecule has 1 aliphatic carbocycles. The zero-order valence-electron chi connectivity index (χ0n) is 21.0. The van der Waals surface area contributed by atoms with E-state index in [2.05, 4.69) is 47.8 Å². The molecule has 5 nitrogen and oxygen atoms in total. The normalized spacial score (nSPS) is 20.0. The predicted molar refractivity (Wildman–Crippen MR) is 140 cm³/mol. The van der Waals surface area contributed by atoms with Crippen molar-refractivity contribution < 1.29 is 23.8 Å². The Morgan fingerprint density at radius 2 is 1.86 bits per heavy atom. The molecule has 192 valence electrons. The lowest BCUT2D eigenvalue weighted by molar-refractivity contribution is -0.166. The van der Waals surface area contributed by atoms with Crippen LogP contribution in [0.25, 0.3) is 11.1 Å². The minimum atomic E-state index is -0.608. The van der Waals surface area contributed by atoms with Crippen LogP contribution in [0.15, 0.2) is 78.6 Å². The van der Waals surface area contributed by atoms with Gasteiger partial charge in [0.25, 0.3) is 5.91 Å². The highest BCUT2D eigenvalue weighted by Gasteiger charge is 2.38. The van der Waals surface area contributed by atoms with Gasteiger partial charge >= 0.3 is 0 Å². The Bertz CT molecular complexity index is 1290. The Labute approximate surface area is 216 Å². The zero-order valence-corrected chi connectivity index (χ0v) is 21.0. The van der Waals surface area contributed by atoms with Gasteiger partial charge in [-0.15, -0.1) is 0 Å². The second-order valence-corrected chi connectivity index (χ2v) is 9.59. The average molecular weight is 502 g/mol. The molecule has 6 heteroatoms. The minimum absolute atomic E-state index is 0.0532. The number of benzene rings is 3. The van der Waals surface area contributed by atoms with Crippen LogP contribution in [0.5, 0.6) is 0 Å². The van der Waals surface area contributed by atoms with Crippen LogP contribution < -0.4 is 5.32 Å². The van der Waals surface area contributed by atoms with Crippen molar-refractivity contribution in [3.63, 3.8) is 0 Å². The number of rotatable bonds is 9. The van der Waals surface area contributed by atoms with Gasteiger partial charge in [-0.3, -0.25) is 4.79 Å². The van der Waals surface area contributed by atoms with E-state index < -0.39 is 6.29 Å². The molecular formula is C31H32FNO4. The van der Waals surface area contributed by atoms with Crippen molar-refractivity contribution in [3.8, 4) is 11.1 Å². The third-order valence-corrected chi connectivity index (χ3v) is 7.20. The summed E-state index contributed by atoms with van der Waals surface area (Å²) in [5, 5.41) is 12.4. The lowest BCUT2D eigenvalue weighted by Crippen LogP contribution is -2.39. The molecule has 3 atom stereocenters. The van der Waals surface area contributed by atoms with E-state index in [9.17, 15) is 14.3 Å². The van der Waals surface area contributed by atoms with Crippen molar-refractivity contribution in [2.45, 2.75) is 44.9 Å². The van der Waals surface area contributed by atoms with Crippen molar-refractivity contribution in [1.82, 2.24) is 5.32 Å². The number of hydrogen-bond donors (Lipinski definition) is 2. The molecule has 0 radical (unpaired) electrons. The maximum Gasteiger partial charge on any atom is 0.286 e. The molecule has 37 heavy (non-hydrogen) atoms. The Morgan fingerprint density at radius 3 is 2.65 bits per heavy atom. The van der Waals surface area contributed by atoms with E-state index in [1.54, 1.807) is 12.1 Å². The number of carbonyl (C=O) groups excluding carboxylic acids is 1. The number of amides is 1. The third-order valence-electron chi connectivity index (χ3n) is 7.20. The summed E-state index contributed by atoms with van der Waals surface area (Å²) in [7, 11) is 0. The van der Waals surface area contributed by atoms with Gasteiger partial charge in [-0.1, -0.05) is 54.6 Å². The predicted octanol–water partition coefficient (Wildman–Crippen LogP) is 5.46. The number of fused-ring (bicyclic) bond motifs is 3. The Morgan fingerprint density at radius 1 is 1.08 bits per heavy atom. The molecule has 0 bridgehead atoms. The number of ether oxygens (including phenoxy) is 2. The Balaban J connectivity index is 1.44. The molecule has 0 saturated heterocycles. The van der Waals surface area contributed by atoms with Crippen LogP contribution >= 0.6 is 0 Å². The highest BCUT2D eigenvalue weighted by atomic mass is 19.1. The minimum Gasteiger partial charge on any atom is -0.459 e. The van der Waals surface area contributed by atoms with E-state index >= 15 is 0 Å². The number of hydrogen-bond acceptors (Lipinski definition) is 4. The molecule has 0 saturated carbocycles. The molecule has 5 rings (SSSR count). The third kappa shape index (κ3) is 5.45. The molecule has 2 aliphatic rings. The molecular weight excluding hydrogens is 469 g/mol. The van der Waals surface area contributed by atoms with Crippen LogP contribution in [0.1, 0.15) is 47.9 Å². The van der Waals surface area contributed by atoms with Crippen molar-refractivity contribution >= 4 is 5.91 Å². The molecule has 0 aromatic heterocycles. The number of allylic oxidation sites excluding steroid dienone is 1. The second-order valence-electron chi connectivity index (χ2n) is 9.59. The van der Waals surface area contributed by atoms with E-state index in [0.717, 1.165) is 17.5 Å². The van der Waals surface area contributed by atoms with Gasteiger partial charge in [0.15, 0.2) is 5.76 Å². The van der Waals surface area contributed by atoms with Crippen molar-refractivity contribution in [3.05, 3.63) is 107 Å². The van der Waals surface area contributed by atoms with E-state index in [-0.39, 0.29) is 42.5 Å². The standard InChI is InChI=1S/C31H32FNO4/c1-2-36-31-27(8-5-15-34)28(18-29(37-31)30(35)33-19-20-9-12-24(32)13-10-20)22-11-14-26-23(17-22)16-21-6-3-4-7-25(21)26/h3-4,6-7,9-14,17-18,27-28,31,34H,2,5,8,15-16,19H2,1H3,(H,33,35)/t27-,28-,31-/m0/s1. The lowest BCUT2D eigenvalue weighted by Gasteiger charge is -2.37. The summed E-state index contributed by atoms with van der Waals surface area (Å²) >= 11 is 0. The summed E-state index contributed by atoms with van der Waals surface area (Å²) in [6.07, 6.45) is 3.48. The van der Waals surface area contributed by atoms with Gasteiger partial charge in [0, 0.05) is 31.6 Å². The topological polar surface area (TPSA) is 67.8 Å². The quantitative estimate of drug-likeness (QED) is 0.320. The molecule has 1 amide bonds. The van der Waals surface area contributed by atoms with Crippen LogP contribution in [0.2, 0.25) is 0 Å². The summed E-state index contributed by atoms with van der Waals surface area (Å²) in [6, 6.07) is 21.0. The van der Waals surface area contributed by atoms with Crippen LogP contribution in [0.3, 0.4) is 0 Å².